The lowest BCUT2D eigenvalue weighted by Gasteiger charge is -2.05. The maximum atomic E-state index is 6.00. The molecule has 0 spiro atoms. The standard InChI is InChI=1S/C15H16N6S2/c1-11-5-2-3-6-12(11)10-23-15-20-19-14(21(15)16)18-17-9-13-7-4-8-22-13/h2-9H,10,16H2,1H3,(H,18,19)/b17-9+. The Morgan fingerprint density at radius 1 is 1.30 bits per heavy atom. The van der Waals surface area contributed by atoms with Crippen molar-refractivity contribution >= 4 is 35.3 Å². The number of thiophene rings is 1. The number of nitrogens with zero attached hydrogens (tertiary/aromatic N) is 4. The largest absolute Gasteiger partial charge is 0.334 e. The van der Waals surface area contributed by atoms with Crippen LogP contribution < -0.4 is 11.3 Å². The van der Waals surface area contributed by atoms with Gasteiger partial charge in [0.15, 0.2) is 0 Å². The number of nitrogens with one attached hydrogen (secondary N) is 1. The van der Waals surface area contributed by atoms with Crippen LogP contribution in [0.4, 0.5) is 5.95 Å². The smallest absolute Gasteiger partial charge is 0.264 e. The van der Waals surface area contributed by atoms with Gasteiger partial charge in [-0.15, -0.1) is 21.5 Å². The Bertz CT molecular complexity index is 794. The summed E-state index contributed by atoms with van der Waals surface area (Å²) in [5, 5.41) is 14.9. The SMILES string of the molecule is Cc1ccccc1CSc1nnc(N/N=C/c2cccs2)n1N. The van der Waals surface area contributed by atoms with Gasteiger partial charge in [0, 0.05) is 10.6 Å². The van der Waals surface area contributed by atoms with Gasteiger partial charge in [-0.25, -0.2) is 10.1 Å². The van der Waals surface area contributed by atoms with E-state index in [0.717, 1.165) is 10.6 Å². The van der Waals surface area contributed by atoms with Gasteiger partial charge in [-0.3, -0.25) is 0 Å². The molecule has 6 nitrogen and oxygen atoms in total. The van der Waals surface area contributed by atoms with Gasteiger partial charge in [-0.05, 0) is 29.5 Å². The van der Waals surface area contributed by atoms with Gasteiger partial charge in [0.05, 0.1) is 6.21 Å². The van der Waals surface area contributed by atoms with Gasteiger partial charge >= 0.3 is 0 Å². The molecule has 2 aromatic heterocycles. The van der Waals surface area contributed by atoms with E-state index in [1.807, 2.05) is 29.6 Å². The van der Waals surface area contributed by atoms with E-state index in [2.05, 4.69) is 39.8 Å². The highest BCUT2D eigenvalue weighted by atomic mass is 32.2. The summed E-state index contributed by atoms with van der Waals surface area (Å²) in [4.78, 5) is 1.05. The number of nitrogens with two attached hydrogens (primary N) is 1. The lowest BCUT2D eigenvalue weighted by atomic mass is 10.1. The van der Waals surface area contributed by atoms with Crippen molar-refractivity contribution < 1.29 is 0 Å². The number of thioether (sulfide) groups is 1. The summed E-state index contributed by atoms with van der Waals surface area (Å²) in [5.41, 5.74) is 5.32. The van der Waals surface area contributed by atoms with Gasteiger partial charge in [0.25, 0.3) is 5.95 Å². The van der Waals surface area contributed by atoms with Gasteiger partial charge in [-0.2, -0.15) is 5.10 Å². The maximum Gasteiger partial charge on any atom is 0.264 e. The van der Waals surface area contributed by atoms with Crippen molar-refractivity contribution in [3.05, 3.63) is 57.8 Å². The van der Waals surface area contributed by atoms with E-state index in [-0.39, 0.29) is 0 Å². The molecule has 3 N–H and O–H groups in total. The Hall–Kier alpha value is -2.32. The first kappa shape index (κ1) is 15.6. The normalized spacial score (nSPS) is 11.2. The molecule has 0 atom stereocenters. The van der Waals surface area contributed by atoms with Crippen molar-refractivity contribution in [3.8, 4) is 0 Å². The molecule has 118 valence electrons. The highest BCUT2D eigenvalue weighted by Crippen LogP contribution is 2.23. The molecule has 0 saturated heterocycles. The Kier molecular flexibility index (Phi) is 4.94. The van der Waals surface area contributed by atoms with E-state index < -0.39 is 0 Å². The third-order valence-electron chi connectivity index (χ3n) is 3.18. The van der Waals surface area contributed by atoms with Crippen LogP contribution in [0, 0.1) is 6.92 Å². The molecule has 0 aliphatic rings. The molecule has 0 amide bonds. The topological polar surface area (TPSA) is 81.1 Å². The molecule has 0 bridgehead atoms. The first-order chi connectivity index (χ1) is 11.2. The summed E-state index contributed by atoms with van der Waals surface area (Å²) in [5.74, 6) is 7.20. The zero-order chi connectivity index (χ0) is 16.1. The number of hydrazone groups is 1. The number of aromatic nitrogens is 3. The number of rotatable bonds is 6. The van der Waals surface area contributed by atoms with Crippen LogP contribution in [-0.2, 0) is 5.75 Å². The highest BCUT2D eigenvalue weighted by molar-refractivity contribution is 7.98. The molecular weight excluding hydrogens is 328 g/mol. The number of aryl methyl sites for hydroxylation is 1. The molecular formula is C15H16N6S2. The Balaban J connectivity index is 1.61. The lowest BCUT2D eigenvalue weighted by Crippen LogP contribution is -2.13. The minimum atomic E-state index is 0.407. The van der Waals surface area contributed by atoms with Crippen LogP contribution in [0.3, 0.4) is 0 Å². The molecule has 3 aromatic rings. The third kappa shape index (κ3) is 3.91. The van der Waals surface area contributed by atoms with Crippen molar-refractivity contribution in [3.63, 3.8) is 0 Å². The summed E-state index contributed by atoms with van der Waals surface area (Å²) >= 11 is 3.15. The van der Waals surface area contributed by atoms with Crippen LogP contribution in [0.15, 0.2) is 52.0 Å². The molecule has 0 unspecified atom stereocenters. The number of anilines is 1. The Labute approximate surface area is 142 Å². The number of nitrogen functional groups attached to an aromatic ring is 1. The van der Waals surface area contributed by atoms with E-state index >= 15 is 0 Å². The first-order valence-electron chi connectivity index (χ1n) is 6.94. The van der Waals surface area contributed by atoms with E-state index in [0.29, 0.717) is 11.1 Å². The van der Waals surface area contributed by atoms with Crippen LogP contribution >= 0.6 is 23.1 Å². The van der Waals surface area contributed by atoms with Crippen molar-refractivity contribution in [2.24, 2.45) is 5.10 Å². The summed E-state index contributed by atoms with van der Waals surface area (Å²) in [7, 11) is 0. The van der Waals surface area contributed by atoms with Gasteiger partial charge < -0.3 is 5.84 Å². The molecule has 0 fully saturated rings. The molecule has 0 saturated carbocycles. The summed E-state index contributed by atoms with van der Waals surface area (Å²) in [6, 6.07) is 12.2. The summed E-state index contributed by atoms with van der Waals surface area (Å²) in [6.07, 6.45) is 1.72. The van der Waals surface area contributed by atoms with Crippen molar-refractivity contribution in [2.75, 3.05) is 11.3 Å². The van der Waals surface area contributed by atoms with E-state index in [1.54, 1.807) is 29.3 Å². The molecule has 3 rings (SSSR count). The molecule has 0 radical (unpaired) electrons. The number of benzene rings is 1. The van der Waals surface area contributed by atoms with Crippen LogP contribution in [0.5, 0.6) is 0 Å². The fourth-order valence-corrected chi connectivity index (χ4v) is 3.40. The van der Waals surface area contributed by atoms with Crippen molar-refractivity contribution in [1.82, 2.24) is 14.9 Å². The molecule has 23 heavy (non-hydrogen) atoms. The highest BCUT2D eigenvalue weighted by Gasteiger charge is 2.10. The zero-order valence-corrected chi connectivity index (χ0v) is 14.1. The first-order valence-corrected chi connectivity index (χ1v) is 8.81. The molecule has 0 aliphatic heterocycles. The Morgan fingerprint density at radius 2 is 2.17 bits per heavy atom. The average molecular weight is 344 g/mol. The molecule has 0 aliphatic carbocycles. The van der Waals surface area contributed by atoms with Crippen LogP contribution in [-0.4, -0.2) is 21.1 Å². The van der Waals surface area contributed by atoms with E-state index in [1.165, 1.54) is 15.8 Å². The average Bonchev–Trinajstić information content (AvgIpc) is 3.18. The fraction of sp³-hybridized carbons (Fsp3) is 0.133. The molecule has 8 heteroatoms. The predicted octanol–water partition coefficient (Wildman–Crippen LogP) is 3.10. The van der Waals surface area contributed by atoms with Crippen LogP contribution in [0.25, 0.3) is 0 Å². The van der Waals surface area contributed by atoms with Crippen LogP contribution in [0.1, 0.15) is 16.0 Å². The molecule has 1 aromatic carbocycles. The van der Waals surface area contributed by atoms with Gasteiger partial charge in [0.1, 0.15) is 0 Å². The maximum absolute atomic E-state index is 6.00. The summed E-state index contributed by atoms with van der Waals surface area (Å²) < 4.78 is 1.41. The number of hydrogen-bond donors (Lipinski definition) is 2. The van der Waals surface area contributed by atoms with Gasteiger partial charge in [-0.1, -0.05) is 42.1 Å². The van der Waals surface area contributed by atoms with Crippen molar-refractivity contribution in [1.29, 1.82) is 0 Å². The predicted molar refractivity (Wildman–Crippen MR) is 96.4 cm³/mol. The second-order valence-corrected chi connectivity index (χ2v) is 6.70. The van der Waals surface area contributed by atoms with E-state index in [9.17, 15) is 0 Å². The second kappa shape index (κ2) is 7.30. The van der Waals surface area contributed by atoms with E-state index in [4.69, 9.17) is 5.84 Å². The van der Waals surface area contributed by atoms with Gasteiger partial charge in [0.2, 0.25) is 5.16 Å². The fourth-order valence-electron chi connectivity index (χ4n) is 1.88. The minimum absolute atomic E-state index is 0.407. The van der Waals surface area contributed by atoms with Crippen LogP contribution in [0.2, 0.25) is 0 Å². The minimum Gasteiger partial charge on any atom is -0.334 e. The Morgan fingerprint density at radius 3 is 2.96 bits per heavy atom. The monoisotopic (exact) mass is 344 g/mol. The lowest BCUT2D eigenvalue weighted by molar-refractivity contribution is 0.847. The van der Waals surface area contributed by atoms with Crippen molar-refractivity contribution in [2.45, 2.75) is 17.8 Å². The quantitative estimate of drug-likeness (QED) is 0.311. The second-order valence-electron chi connectivity index (χ2n) is 4.78. The third-order valence-corrected chi connectivity index (χ3v) is 4.98. The molecule has 2 heterocycles. The number of hydrogen-bond acceptors (Lipinski definition) is 7. The zero-order valence-electron chi connectivity index (χ0n) is 12.5. The summed E-state index contributed by atoms with van der Waals surface area (Å²) in [6.45, 7) is 2.09.